The van der Waals surface area contributed by atoms with E-state index in [0.717, 1.165) is 29.6 Å². The molecule has 0 saturated heterocycles. The van der Waals surface area contributed by atoms with Gasteiger partial charge in [-0.1, -0.05) is 24.3 Å². The molecule has 1 aromatic carbocycles. The summed E-state index contributed by atoms with van der Waals surface area (Å²) >= 11 is 0. The van der Waals surface area contributed by atoms with Crippen LogP contribution >= 0.6 is 0 Å². The average molecular weight is 291 g/mol. The number of benzene rings is 1. The first-order valence-electron chi connectivity index (χ1n) is 7.20. The summed E-state index contributed by atoms with van der Waals surface area (Å²) in [5, 5.41) is 0. The Morgan fingerprint density at radius 1 is 1.33 bits per heavy atom. The van der Waals surface area contributed by atoms with Gasteiger partial charge >= 0.3 is 0 Å². The number of nitrogens with zero attached hydrogens (tertiary/aromatic N) is 2. The van der Waals surface area contributed by atoms with Gasteiger partial charge in [-0.15, -0.1) is 0 Å². The van der Waals surface area contributed by atoms with Crippen molar-refractivity contribution in [2.75, 3.05) is 0 Å². The maximum Gasteiger partial charge on any atom is 0.248 e. The molecular formula is C16H19F2N3. The highest BCUT2D eigenvalue weighted by Crippen LogP contribution is 2.34. The van der Waals surface area contributed by atoms with E-state index in [1.807, 2.05) is 35.0 Å². The Hall–Kier alpha value is -1.75. The summed E-state index contributed by atoms with van der Waals surface area (Å²) in [5.41, 5.74) is 8.48. The number of hydrogen-bond donors (Lipinski definition) is 1. The summed E-state index contributed by atoms with van der Waals surface area (Å²) in [6.45, 7) is 2.12. The first-order valence-corrected chi connectivity index (χ1v) is 7.20. The van der Waals surface area contributed by atoms with Crippen LogP contribution in [0.1, 0.15) is 24.7 Å². The van der Waals surface area contributed by atoms with Crippen molar-refractivity contribution in [3.8, 4) is 11.3 Å². The molecule has 0 fully saturated rings. The number of imidazole rings is 1. The number of fused-ring (bicyclic) bond motifs is 1. The van der Waals surface area contributed by atoms with E-state index in [-0.39, 0.29) is 0 Å². The smallest absolute Gasteiger partial charge is 0.248 e. The first-order chi connectivity index (χ1) is 9.97. The van der Waals surface area contributed by atoms with Crippen molar-refractivity contribution in [2.45, 2.75) is 38.8 Å². The summed E-state index contributed by atoms with van der Waals surface area (Å²) in [4.78, 5) is 4.54. The van der Waals surface area contributed by atoms with E-state index < -0.39 is 11.8 Å². The summed E-state index contributed by atoms with van der Waals surface area (Å²) < 4.78 is 28.9. The van der Waals surface area contributed by atoms with Crippen LogP contribution in [0.2, 0.25) is 0 Å². The van der Waals surface area contributed by atoms with Crippen molar-refractivity contribution in [2.24, 2.45) is 11.7 Å². The fraction of sp³-hybridized carbons (Fsp3) is 0.438. The lowest BCUT2D eigenvalue weighted by Crippen LogP contribution is -2.32. The van der Waals surface area contributed by atoms with Gasteiger partial charge in [0.05, 0.1) is 5.69 Å². The fourth-order valence-electron chi connectivity index (χ4n) is 2.81. The molecule has 0 bridgehead atoms. The van der Waals surface area contributed by atoms with Crippen molar-refractivity contribution in [3.63, 3.8) is 0 Å². The molecule has 1 aliphatic rings. The Bertz CT molecular complexity index is 626. The number of aromatic nitrogens is 2. The Morgan fingerprint density at radius 3 is 2.67 bits per heavy atom. The van der Waals surface area contributed by atoms with E-state index >= 15 is 0 Å². The minimum absolute atomic E-state index is 0.338. The second kappa shape index (κ2) is 5.22. The van der Waals surface area contributed by atoms with Gasteiger partial charge < -0.3 is 10.3 Å². The Kier molecular flexibility index (Phi) is 3.53. The minimum Gasteiger partial charge on any atom is -0.334 e. The number of aryl methyl sites for hydroxylation is 1. The first kappa shape index (κ1) is 14.2. The summed E-state index contributed by atoms with van der Waals surface area (Å²) in [7, 11) is 0. The van der Waals surface area contributed by atoms with Gasteiger partial charge in [0.2, 0.25) is 5.92 Å². The Morgan fingerprint density at radius 2 is 2.05 bits per heavy atom. The van der Waals surface area contributed by atoms with Crippen LogP contribution in [0.4, 0.5) is 8.78 Å². The second-order valence-corrected chi connectivity index (χ2v) is 5.78. The largest absolute Gasteiger partial charge is 0.334 e. The molecule has 5 heteroatoms. The molecule has 2 heterocycles. The van der Waals surface area contributed by atoms with Gasteiger partial charge in [-0.25, -0.2) is 13.8 Å². The third-order valence-electron chi connectivity index (χ3n) is 4.21. The van der Waals surface area contributed by atoms with Crippen molar-refractivity contribution in [3.05, 3.63) is 41.9 Å². The average Bonchev–Trinajstić information content (AvgIpc) is 2.89. The standard InChI is InChI=1S/C16H19F2N3/c1-16(17,18)13-6-7-21-10-14(20-15(21)8-13)12-4-2-11(9-19)3-5-12/h2-5,10,13H,6-9,19H2,1H3. The van der Waals surface area contributed by atoms with Crippen molar-refractivity contribution < 1.29 is 8.78 Å². The van der Waals surface area contributed by atoms with Crippen LogP contribution in [0, 0.1) is 5.92 Å². The van der Waals surface area contributed by atoms with E-state index in [0.29, 0.717) is 25.9 Å². The van der Waals surface area contributed by atoms with E-state index in [9.17, 15) is 8.78 Å². The zero-order valence-electron chi connectivity index (χ0n) is 12.0. The molecule has 3 rings (SSSR count). The van der Waals surface area contributed by atoms with Crippen LogP contribution in [0.3, 0.4) is 0 Å². The van der Waals surface area contributed by atoms with Gasteiger partial charge in [-0.3, -0.25) is 0 Å². The molecular weight excluding hydrogens is 272 g/mol. The topological polar surface area (TPSA) is 43.8 Å². The molecule has 112 valence electrons. The zero-order valence-corrected chi connectivity index (χ0v) is 12.0. The second-order valence-electron chi connectivity index (χ2n) is 5.78. The van der Waals surface area contributed by atoms with Gasteiger partial charge in [0.15, 0.2) is 0 Å². The molecule has 1 atom stereocenters. The number of alkyl halides is 2. The predicted molar refractivity (Wildman–Crippen MR) is 78.0 cm³/mol. The summed E-state index contributed by atoms with van der Waals surface area (Å²) in [6, 6.07) is 7.89. The number of nitrogens with two attached hydrogens (primary N) is 1. The monoisotopic (exact) mass is 291 g/mol. The minimum atomic E-state index is -2.64. The predicted octanol–water partition coefficient (Wildman–Crippen LogP) is 3.23. The van der Waals surface area contributed by atoms with E-state index in [1.54, 1.807) is 0 Å². The van der Waals surface area contributed by atoms with Crippen molar-refractivity contribution in [1.29, 1.82) is 0 Å². The van der Waals surface area contributed by atoms with Crippen LogP contribution in [0.15, 0.2) is 30.5 Å². The van der Waals surface area contributed by atoms with Gasteiger partial charge in [0, 0.05) is 37.2 Å². The number of halogens is 2. The highest BCUT2D eigenvalue weighted by atomic mass is 19.3. The van der Waals surface area contributed by atoms with Crippen LogP contribution in [0.25, 0.3) is 11.3 Å². The zero-order chi connectivity index (χ0) is 15.0. The molecule has 1 aliphatic heterocycles. The third kappa shape index (κ3) is 2.83. The van der Waals surface area contributed by atoms with Crippen LogP contribution in [-0.4, -0.2) is 15.5 Å². The lowest BCUT2D eigenvalue weighted by molar-refractivity contribution is -0.0488. The third-order valence-corrected chi connectivity index (χ3v) is 4.21. The summed E-state index contributed by atoms with van der Waals surface area (Å²) in [5.74, 6) is -2.49. The highest BCUT2D eigenvalue weighted by Gasteiger charge is 2.37. The number of rotatable bonds is 3. The van der Waals surface area contributed by atoms with Gasteiger partial charge in [0.25, 0.3) is 0 Å². The van der Waals surface area contributed by atoms with Gasteiger partial charge in [-0.2, -0.15) is 0 Å². The van der Waals surface area contributed by atoms with Crippen LogP contribution in [-0.2, 0) is 19.5 Å². The van der Waals surface area contributed by atoms with Crippen LogP contribution in [0.5, 0.6) is 0 Å². The maximum atomic E-state index is 13.5. The Balaban J connectivity index is 1.86. The van der Waals surface area contributed by atoms with E-state index in [4.69, 9.17) is 5.73 Å². The fourth-order valence-corrected chi connectivity index (χ4v) is 2.81. The quantitative estimate of drug-likeness (QED) is 0.943. The molecule has 2 aromatic rings. The lowest BCUT2D eigenvalue weighted by Gasteiger charge is -2.27. The molecule has 1 aromatic heterocycles. The summed E-state index contributed by atoms with van der Waals surface area (Å²) in [6.07, 6.45) is 2.79. The van der Waals surface area contributed by atoms with Crippen molar-refractivity contribution in [1.82, 2.24) is 9.55 Å². The molecule has 0 aliphatic carbocycles. The van der Waals surface area contributed by atoms with Crippen molar-refractivity contribution >= 4 is 0 Å². The molecule has 0 spiro atoms. The van der Waals surface area contributed by atoms with E-state index in [1.165, 1.54) is 0 Å². The molecule has 0 saturated carbocycles. The van der Waals surface area contributed by atoms with Crippen LogP contribution < -0.4 is 5.73 Å². The molecule has 1 unspecified atom stereocenters. The molecule has 0 amide bonds. The lowest BCUT2D eigenvalue weighted by atomic mass is 9.92. The van der Waals surface area contributed by atoms with E-state index in [2.05, 4.69) is 4.98 Å². The molecule has 3 nitrogen and oxygen atoms in total. The van der Waals surface area contributed by atoms with Gasteiger partial charge in [0.1, 0.15) is 5.82 Å². The highest BCUT2D eigenvalue weighted by molar-refractivity contribution is 5.59. The molecule has 2 N–H and O–H groups in total. The Labute approximate surface area is 122 Å². The van der Waals surface area contributed by atoms with Gasteiger partial charge in [-0.05, 0) is 18.9 Å². The molecule has 0 radical (unpaired) electrons. The normalized spacial score (nSPS) is 18.6. The molecule has 21 heavy (non-hydrogen) atoms. The SMILES string of the molecule is CC(F)(F)C1CCn2cc(-c3ccc(CN)cc3)nc2C1. The maximum absolute atomic E-state index is 13.5. The number of hydrogen-bond acceptors (Lipinski definition) is 2.